The lowest BCUT2D eigenvalue weighted by molar-refractivity contribution is -0.302. The number of carbonyl (C=O) groups excluding carboxylic acids is 4. The van der Waals surface area contributed by atoms with Gasteiger partial charge in [0.15, 0.2) is 6.61 Å². The van der Waals surface area contributed by atoms with Gasteiger partial charge in [0.1, 0.15) is 11.5 Å². The standard InChI is InChI=1S/C21H22F3N3O4S.C20H16F3N3O2S.C20H19F3N2O3.C14H13Cl2F3N2O3/c1-3-26(4-2)32(30,31)17-12-8-11-16(13-17)19(28)27-20(29,21(22,23)24)14-18(25-27)15-9-6-5-7-10-15;21-20(22,23)19(28)9-10-24-26(19)18(27)14-7-5-13(6-8-14)12-29-17-11-15-3-1-2-4-16(15)25-17;1-2-14-8-6-7-11-17(14)28-13-18(26)25-19(27,20(21,22)23)12-16(24-25)15-9-4-3-5-10-15;15-9-3-4-11(10(16)8-9)24-7-1-2-12(22)21-13(23,5-6-20-21)14(17,18)19/h5-13,29H,3-4,14H2,1-2H3;1-8,10,28H,9,11-12H2;3-11,27H,2,12-13H2,1H3;3-4,6,8,23H,1-2,5,7H2. The molecule has 12 rings (SSSR count). The number of halogens is 14. The molecule has 0 fully saturated rings. The zero-order valence-corrected chi connectivity index (χ0v) is 62.9. The fraction of sp³-hybridized carbons (Fsp3) is 0.320. The number of benzene rings is 7. The number of hydrogen-bond donors (Lipinski definition) is 4. The summed E-state index contributed by atoms with van der Waals surface area (Å²) in [5.41, 5.74) is -9.46. The van der Waals surface area contributed by atoms with E-state index in [1.807, 2.05) is 31.2 Å². The van der Waals surface area contributed by atoms with Crippen LogP contribution in [0.5, 0.6) is 11.5 Å². The van der Waals surface area contributed by atoms with Crippen LogP contribution in [0.2, 0.25) is 10.0 Å². The summed E-state index contributed by atoms with van der Waals surface area (Å²) in [6.07, 6.45) is -20.7. The lowest BCUT2D eigenvalue weighted by Crippen LogP contribution is -2.57. The van der Waals surface area contributed by atoms with E-state index in [-0.39, 0.29) is 85.0 Å². The molecule has 0 saturated heterocycles. The number of amides is 4. The third-order valence-electron chi connectivity index (χ3n) is 17.7. The number of aryl methyl sites for hydroxylation is 1. The topological polar surface area (TPSA) is 280 Å². The molecule has 4 unspecified atom stereocenters. The van der Waals surface area contributed by atoms with Crippen molar-refractivity contribution in [3.8, 4) is 11.5 Å². The summed E-state index contributed by atoms with van der Waals surface area (Å²) >= 11 is 13.2. The number of para-hydroxylation sites is 2. The van der Waals surface area contributed by atoms with Crippen LogP contribution in [-0.4, -0.2) is 180 Å². The summed E-state index contributed by atoms with van der Waals surface area (Å²) < 4.78 is 198. The van der Waals surface area contributed by atoms with Gasteiger partial charge in [-0.2, -0.15) is 97.4 Å². The van der Waals surface area contributed by atoms with Crippen molar-refractivity contribution in [2.45, 2.75) is 130 Å². The molecule has 4 atom stereocenters. The highest BCUT2D eigenvalue weighted by Crippen LogP contribution is 2.45. The number of hydrazone groups is 4. The van der Waals surface area contributed by atoms with Gasteiger partial charge in [-0.3, -0.25) is 19.2 Å². The monoisotopic (exact) mass is 1660 g/mol. The Hall–Kier alpha value is -9.79. The first-order valence-corrected chi connectivity index (χ1v) is 37.4. The highest BCUT2D eigenvalue weighted by atomic mass is 35.5. The Morgan fingerprint density at radius 1 is 0.549 bits per heavy atom. The Labute approximate surface area is 652 Å². The van der Waals surface area contributed by atoms with Crippen molar-refractivity contribution in [2.24, 2.45) is 25.4 Å². The molecule has 38 heteroatoms. The maximum Gasteiger partial charge on any atom is 0.438 e. The minimum atomic E-state index is -5.20. The van der Waals surface area contributed by atoms with Crippen molar-refractivity contribution in [3.63, 3.8) is 0 Å². The molecule has 5 aliphatic heterocycles. The average Bonchev–Trinajstić information content (AvgIpc) is 1.64. The van der Waals surface area contributed by atoms with Crippen LogP contribution in [0.4, 0.5) is 58.4 Å². The normalized spacial score (nSPS) is 20.0. The number of sulfonamides is 1. The summed E-state index contributed by atoms with van der Waals surface area (Å²) in [6, 6.07) is 46.3. The molecule has 0 spiro atoms. The maximum absolute atomic E-state index is 13.8. The Kier molecular flexibility index (Phi) is 27.6. The van der Waals surface area contributed by atoms with Crippen LogP contribution in [0, 0.1) is 0 Å². The van der Waals surface area contributed by atoms with E-state index >= 15 is 0 Å². The fourth-order valence-corrected chi connectivity index (χ4v) is 14.4. The number of ether oxygens (including phenoxy) is 2. The second-order valence-corrected chi connectivity index (χ2v) is 29.1. The summed E-state index contributed by atoms with van der Waals surface area (Å²) in [6.45, 7) is 4.91. The van der Waals surface area contributed by atoms with Gasteiger partial charge >= 0.3 is 24.7 Å². The quantitative estimate of drug-likeness (QED) is 0.0433. The first-order chi connectivity index (χ1) is 53.1. The summed E-state index contributed by atoms with van der Waals surface area (Å²) in [7, 11) is -3.95. The van der Waals surface area contributed by atoms with Crippen LogP contribution in [0.3, 0.4) is 0 Å². The molecule has 0 radical (unpaired) electrons. The van der Waals surface area contributed by atoms with Crippen LogP contribution in [0.25, 0.3) is 0 Å². The number of fused-ring (bicyclic) bond motifs is 1. The summed E-state index contributed by atoms with van der Waals surface area (Å²) in [4.78, 5) is 54.2. The maximum atomic E-state index is 13.8. The Bertz CT molecular complexity index is 4870. The first-order valence-electron chi connectivity index (χ1n) is 34.2. The van der Waals surface area contributed by atoms with Crippen LogP contribution in [-0.2, 0) is 38.2 Å². The van der Waals surface area contributed by atoms with Crippen LogP contribution in [0.15, 0.2) is 206 Å². The Balaban J connectivity index is 0.000000174. The van der Waals surface area contributed by atoms with Crippen LogP contribution in [0.1, 0.15) is 108 Å². The number of carbonyl (C=O) groups is 4. The second kappa shape index (κ2) is 35.7. The van der Waals surface area contributed by atoms with Gasteiger partial charge in [0, 0.05) is 73.1 Å². The zero-order chi connectivity index (χ0) is 82.7. The smallest absolute Gasteiger partial charge is 0.438 e. The summed E-state index contributed by atoms with van der Waals surface area (Å²) in [5, 5.41) is 56.6. The van der Waals surface area contributed by atoms with Crippen molar-refractivity contribution < 1.29 is 110 Å². The van der Waals surface area contributed by atoms with Gasteiger partial charge in [-0.1, -0.05) is 159 Å². The van der Waals surface area contributed by atoms with Crippen LogP contribution < -0.4 is 9.47 Å². The zero-order valence-electron chi connectivity index (χ0n) is 59.7. The molecule has 7 aromatic carbocycles. The molecule has 602 valence electrons. The van der Waals surface area contributed by atoms with Crippen molar-refractivity contribution in [1.82, 2.24) is 24.3 Å². The number of alkyl halides is 12. The first kappa shape index (κ1) is 87.2. The molecule has 113 heavy (non-hydrogen) atoms. The minimum absolute atomic E-state index is 0.0154. The van der Waals surface area contributed by atoms with E-state index < -0.39 is 114 Å². The van der Waals surface area contributed by atoms with Crippen molar-refractivity contribution in [1.29, 1.82) is 0 Å². The molecule has 4 N–H and O–H groups in total. The number of hydrogen-bond acceptors (Lipinski definition) is 18. The Morgan fingerprint density at radius 3 is 1.63 bits per heavy atom. The summed E-state index contributed by atoms with van der Waals surface area (Å²) in [5.74, 6) is -2.94. The molecule has 4 amide bonds. The third kappa shape index (κ3) is 19.7. The number of rotatable bonds is 19. The van der Waals surface area contributed by atoms with Crippen LogP contribution >= 0.6 is 35.0 Å². The largest absolute Gasteiger partial charge is 0.492 e. The molecular weight excluding hydrogens is 1600 g/mol. The lowest BCUT2D eigenvalue weighted by Gasteiger charge is -2.32. The number of aliphatic hydroxyl groups is 4. The van der Waals surface area contributed by atoms with Gasteiger partial charge in [0.05, 0.1) is 51.5 Å². The van der Waals surface area contributed by atoms with E-state index in [2.05, 4.69) is 25.4 Å². The fourth-order valence-electron chi connectivity index (χ4n) is 11.5. The molecule has 5 aliphatic rings. The van der Waals surface area contributed by atoms with E-state index in [1.165, 1.54) is 54.1 Å². The van der Waals surface area contributed by atoms with Gasteiger partial charge in [0.2, 0.25) is 15.9 Å². The predicted molar refractivity (Wildman–Crippen MR) is 395 cm³/mol. The highest BCUT2D eigenvalue weighted by Gasteiger charge is 2.66. The van der Waals surface area contributed by atoms with Crippen molar-refractivity contribution in [3.05, 3.63) is 225 Å². The van der Waals surface area contributed by atoms with E-state index in [4.69, 9.17) is 32.7 Å². The number of thioether (sulfide) groups is 1. The predicted octanol–water partition coefficient (Wildman–Crippen LogP) is 14.6. The average molecular weight is 1670 g/mol. The second-order valence-electron chi connectivity index (χ2n) is 25.3. The van der Waals surface area contributed by atoms with E-state index in [9.17, 15) is 101 Å². The number of nitrogens with zero attached hydrogens (tertiary/aromatic N) is 10. The van der Waals surface area contributed by atoms with E-state index in [0.29, 0.717) is 39.8 Å². The molecule has 22 nitrogen and oxygen atoms in total. The molecule has 7 aromatic rings. The lowest BCUT2D eigenvalue weighted by atomic mass is 10.0. The van der Waals surface area contributed by atoms with Gasteiger partial charge in [-0.25, -0.2) is 13.4 Å². The van der Waals surface area contributed by atoms with Gasteiger partial charge in [-0.15, -0.1) is 11.8 Å². The minimum Gasteiger partial charge on any atom is -0.492 e. The molecule has 0 aliphatic carbocycles. The van der Waals surface area contributed by atoms with Gasteiger partial charge in [0.25, 0.3) is 40.6 Å². The highest BCUT2D eigenvalue weighted by molar-refractivity contribution is 8.13. The van der Waals surface area contributed by atoms with Gasteiger partial charge in [-0.05, 0) is 101 Å². The van der Waals surface area contributed by atoms with Crippen molar-refractivity contribution >= 4 is 103 Å². The molecule has 0 saturated carbocycles. The molecular formula is C75H70Cl2F12N10O12S2. The number of aliphatic imine (C=N–C) groups is 1. The Morgan fingerprint density at radius 2 is 1.07 bits per heavy atom. The van der Waals surface area contributed by atoms with E-state index in [1.54, 1.807) is 123 Å². The SMILES string of the molecule is CCN(CC)S(=O)(=O)c1cccc(C(=O)N2N=C(c3ccccc3)CC2(O)C(F)(F)F)c1.CCc1ccccc1OCC(=O)N1N=C(c2ccccc2)CC1(O)C(F)(F)F.O=C(CCCOc1ccc(Cl)cc1Cl)N1N=CCC1(O)C(F)(F)F.O=C(c1ccc(CSC2=Nc3ccccc3C2)cc1)N1N=CCC1(O)C(F)(F)F. The molecule has 0 bridgehead atoms. The van der Waals surface area contributed by atoms with Crippen molar-refractivity contribution in [2.75, 3.05) is 26.3 Å². The molecule has 0 aromatic heterocycles. The third-order valence-corrected chi connectivity index (χ3v) is 21.3. The molecule has 5 heterocycles. The van der Waals surface area contributed by atoms with E-state index in [0.717, 1.165) is 51.1 Å². The van der Waals surface area contributed by atoms with Gasteiger partial charge < -0.3 is 29.9 Å².